The Morgan fingerprint density at radius 1 is 1.25 bits per heavy atom. The molecule has 102 valence electrons. The monoisotopic (exact) mass is 277 g/mol. The number of ether oxygens (including phenoxy) is 1. The molecule has 6 heteroatoms. The number of carbonyl (C=O) groups is 1. The van der Waals surface area contributed by atoms with E-state index in [-0.39, 0.29) is 11.6 Å². The van der Waals surface area contributed by atoms with Crippen molar-refractivity contribution < 1.29 is 23.4 Å². The van der Waals surface area contributed by atoms with Gasteiger partial charge in [0.25, 0.3) is 0 Å². The zero-order chi connectivity index (χ0) is 14.5. The molecule has 0 aliphatic heterocycles. The fraction of sp³-hybridized carbons (Fsp3) is 0. The molecule has 0 aliphatic carbocycles. The minimum atomic E-state index is -1.14. The zero-order valence-electron chi connectivity index (χ0n) is 10.1. The summed E-state index contributed by atoms with van der Waals surface area (Å²) in [6, 6.07) is 6.61. The number of carboxylic acid groups (broad SMARTS) is 1. The van der Waals surface area contributed by atoms with Crippen molar-refractivity contribution in [1.29, 1.82) is 0 Å². The van der Waals surface area contributed by atoms with Crippen LogP contribution in [0.15, 0.2) is 42.6 Å². The van der Waals surface area contributed by atoms with Crippen LogP contribution in [0.5, 0.6) is 11.6 Å². The Hall–Kier alpha value is -2.76. The molecule has 0 atom stereocenters. The number of hydrogen-bond donors (Lipinski definition) is 1. The van der Waals surface area contributed by atoms with E-state index in [1.54, 1.807) is 12.1 Å². The summed E-state index contributed by atoms with van der Waals surface area (Å²) >= 11 is 0. The summed E-state index contributed by atoms with van der Waals surface area (Å²) in [6.07, 6.45) is 3.54. The molecule has 2 rings (SSSR count). The highest BCUT2D eigenvalue weighted by Gasteiger charge is 2.11. The lowest BCUT2D eigenvalue weighted by molar-refractivity contribution is -0.131. The molecule has 1 aromatic carbocycles. The van der Waals surface area contributed by atoms with E-state index in [0.29, 0.717) is 5.56 Å². The van der Waals surface area contributed by atoms with Gasteiger partial charge in [-0.05, 0) is 30.3 Å². The summed E-state index contributed by atoms with van der Waals surface area (Å²) in [7, 11) is 0. The average Bonchev–Trinajstić information content (AvgIpc) is 2.43. The molecular formula is C14H9F2NO3. The first kappa shape index (κ1) is 13.7. The van der Waals surface area contributed by atoms with Crippen LogP contribution >= 0.6 is 0 Å². The second kappa shape index (κ2) is 5.92. The van der Waals surface area contributed by atoms with Crippen LogP contribution < -0.4 is 4.74 Å². The maximum absolute atomic E-state index is 13.5. The van der Waals surface area contributed by atoms with Crippen LogP contribution in [0.3, 0.4) is 0 Å². The minimum Gasteiger partial charge on any atom is -0.478 e. The lowest BCUT2D eigenvalue weighted by Crippen LogP contribution is -1.95. The van der Waals surface area contributed by atoms with Gasteiger partial charge in [0.2, 0.25) is 11.7 Å². The summed E-state index contributed by atoms with van der Waals surface area (Å²) in [4.78, 5) is 14.4. The molecule has 0 fully saturated rings. The number of carboxylic acids is 1. The van der Waals surface area contributed by atoms with Crippen LogP contribution in [-0.2, 0) is 4.79 Å². The second-order valence-electron chi connectivity index (χ2n) is 3.72. The topological polar surface area (TPSA) is 59.4 Å². The van der Waals surface area contributed by atoms with E-state index in [1.807, 2.05) is 0 Å². The molecule has 1 heterocycles. The number of nitrogens with zero attached hydrogens (tertiary/aromatic N) is 1. The highest BCUT2D eigenvalue weighted by atomic mass is 19.2. The van der Waals surface area contributed by atoms with Crippen LogP contribution in [0.2, 0.25) is 0 Å². The van der Waals surface area contributed by atoms with Gasteiger partial charge in [0.1, 0.15) is 0 Å². The fourth-order valence-electron chi connectivity index (χ4n) is 1.44. The Kier molecular flexibility index (Phi) is 4.05. The van der Waals surface area contributed by atoms with Gasteiger partial charge in [0, 0.05) is 17.8 Å². The molecule has 1 aromatic heterocycles. The maximum atomic E-state index is 13.5. The molecule has 0 unspecified atom stereocenters. The quantitative estimate of drug-likeness (QED) is 0.871. The van der Waals surface area contributed by atoms with Crippen LogP contribution in [0.25, 0.3) is 6.08 Å². The van der Waals surface area contributed by atoms with E-state index in [9.17, 15) is 13.6 Å². The van der Waals surface area contributed by atoms with Crippen LogP contribution in [-0.4, -0.2) is 16.1 Å². The Balaban J connectivity index is 2.34. The smallest absolute Gasteiger partial charge is 0.328 e. The van der Waals surface area contributed by atoms with E-state index >= 15 is 0 Å². The Labute approximate surface area is 113 Å². The number of hydrogen-bond acceptors (Lipinski definition) is 3. The largest absolute Gasteiger partial charge is 0.478 e. The molecule has 4 nitrogen and oxygen atoms in total. The average molecular weight is 277 g/mol. The summed E-state index contributed by atoms with van der Waals surface area (Å²) < 4.78 is 31.7. The van der Waals surface area contributed by atoms with E-state index < -0.39 is 17.6 Å². The van der Waals surface area contributed by atoms with E-state index in [0.717, 1.165) is 12.1 Å². The Morgan fingerprint density at radius 3 is 2.80 bits per heavy atom. The molecule has 0 bridgehead atoms. The molecule has 0 saturated heterocycles. The van der Waals surface area contributed by atoms with Gasteiger partial charge in [-0.3, -0.25) is 0 Å². The minimum absolute atomic E-state index is 0.0190. The number of aliphatic carboxylic acids is 1. The molecule has 0 saturated carbocycles. The number of pyridine rings is 1. The highest BCUT2D eigenvalue weighted by molar-refractivity contribution is 5.85. The van der Waals surface area contributed by atoms with Gasteiger partial charge >= 0.3 is 5.97 Å². The van der Waals surface area contributed by atoms with Crippen molar-refractivity contribution in [3.8, 4) is 11.6 Å². The number of halogens is 2. The fourth-order valence-corrected chi connectivity index (χ4v) is 1.44. The molecule has 0 amide bonds. The van der Waals surface area contributed by atoms with Crippen molar-refractivity contribution in [2.24, 2.45) is 0 Å². The van der Waals surface area contributed by atoms with Gasteiger partial charge in [0.15, 0.2) is 11.6 Å². The first-order valence-electron chi connectivity index (χ1n) is 5.56. The van der Waals surface area contributed by atoms with E-state index in [4.69, 9.17) is 9.84 Å². The summed E-state index contributed by atoms with van der Waals surface area (Å²) in [6.45, 7) is 0. The third-order valence-electron chi connectivity index (χ3n) is 2.33. The van der Waals surface area contributed by atoms with Crippen LogP contribution in [0.4, 0.5) is 8.78 Å². The summed E-state index contributed by atoms with van der Waals surface area (Å²) in [5.41, 5.74) is 0.332. The predicted molar refractivity (Wildman–Crippen MR) is 67.3 cm³/mol. The molecule has 20 heavy (non-hydrogen) atoms. The van der Waals surface area contributed by atoms with Crippen molar-refractivity contribution >= 4 is 12.0 Å². The Bertz CT molecular complexity index is 671. The molecule has 2 aromatic rings. The number of rotatable bonds is 4. The molecule has 0 radical (unpaired) electrons. The van der Waals surface area contributed by atoms with Gasteiger partial charge in [0.05, 0.1) is 0 Å². The van der Waals surface area contributed by atoms with Gasteiger partial charge in [-0.15, -0.1) is 0 Å². The molecular weight excluding hydrogens is 268 g/mol. The molecule has 1 N–H and O–H groups in total. The first-order chi connectivity index (χ1) is 9.58. The van der Waals surface area contributed by atoms with Crippen molar-refractivity contribution in [3.63, 3.8) is 0 Å². The molecule has 0 aliphatic rings. The van der Waals surface area contributed by atoms with E-state index in [2.05, 4.69) is 4.98 Å². The SMILES string of the molecule is O=C(O)/C=C/c1cccnc1Oc1cccc(F)c1F. The van der Waals surface area contributed by atoms with Gasteiger partial charge in [-0.25, -0.2) is 14.2 Å². The summed E-state index contributed by atoms with van der Waals surface area (Å²) in [5, 5.41) is 8.58. The third-order valence-corrected chi connectivity index (χ3v) is 2.33. The third kappa shape index (κ3) is 3.17. The normalized spacial score (nSPS) is 10.7. The van der Waals surface area contributed by atoms with Crippen LogP contribution in [0.1, 0.15) is 5.56 Å². The zero-order valence-corrected chi connectivity index (χ0v) is 10.1. The summed E-state index contributed by atoms with van der Waals surface area (Å²) in [5.74, 6) is -3.66. The van der Waals surface area contributed by atoms with Gasteiger partial charge in [-0.1, -0.05) is 6.07 Å². The van der Waals surface area contributed by atoms with Gasteiger partial charge in [-0.2, -0.15) is 4.39 Å². The first-order valence-corrected chi connectivity index (χ1v) is 5.56. The van der Waals surface area contributed by atoms with Crippen molar-refractivity contribution in [2.45, 2.75) is 0 Å². The maximum Gasteiger partial charge on any atom is 0.328 e. The molecule has 0 spiro atoms. The lowest BCUT2D eigenvalue weighted by Gasteiger charge is -2.08. The highest BCUT2D eigenvalue weighted by Crippen LogP contribution is 2.27. The van der Waals surface area contributed by atoms with Crippen molar-refractivity contribution in [2.75, 3.05) is 0 Å². The Morgan fingerprint density at radius 2 is 2.05 bits per heavy atom. The predicted octanol–water partition coefficient (Wildman–Crippen LogP) is 3.25. The van der Waals surface area contributed by atoms with Crippen LogP contribution in [0, 0.1) is 11.6 Å². The number of benzene rings is 1. The van der Waals surface area contributed by atoms with Crippen molar-refractivity contribution in [3.05, 3.63) is 59.8 Å². The second-order valence-corrected chi connectivity index (χ2v) is 3.72. The lowest BCUT2D eigenvalue weighted by atomic mass is 10.2. The standard InChI is InChI=1S/C14H9F2NO3/c15-10-4-1-5-11(13(10)16)20-14-9(3-2-8-17-14)6-7-12(18)19/h1-8H,(H,18,19)/b7-6+. The number of aromatic nitrogens is 1. The van der Waals surface area contributed by atoms with Gasteiger partial charge < -0.3 is 9.84 Å². The van der Waals surface area contributed by atoms with Crippen molar-refractivity contribution in [1.82, 2.24) is 4.98 Å². The van der Waals surface area contributed by atoms with E-state index in [1.165, 1.54) is 24.4 Å².